The van der Waals surface area contributed by atoms with Gasteiger partial charge >= 0.3 is 5.97 Å². The second-order valence-corrected chi connectivity index (χ2v) is 6.15. The molecule has 2 aromatic heterocycles. The number of carbonyl (C=O) groups excluding carboxylic acids is 1. The van der Waals surface area contributed by atoms with Crippen LogP contribution in [0.2, 0.25) is 0 Å². The van der Waals surface area contributed by atoms with Crippen molar-refractivity contribution in [2.75, 3.05) is 0 Å². The lowest BCUT2D eigenvalue weighted by Crippen LogP contribution is -2.08. The van der Waals surface area contributed by atoms with Crippen LogP contribution in [-0.2, 0) is 24.3 Å². The van der Waals surface area contributed by atoms with E-state index in [0.29, 0.717) is 18.8 Å². The molecule has 8 heteroatoms. The lowest BCUT2D eigenvalue weighted by molar-refractivity contribution is 0.0465. The van der Waals surface area contributed by atoms with Gasteiger partial charge in [0.05, 0.1) is 24.5 Å². The quantitative estimate of drug-likeness (QED) is 0.611. The van der Waals surface area contributed by atoms with Crippen LogP contribution in [-0.4, -0.2) is 41.7 Å². The van der Waals surface area contributed by atoms with Crippen LogP contribution in [0.4, 0.5) is 0 Å². The highest BCUT2D eigenvalue weighted by Gasteiger charge is 2.14. The lowest BCUT2D eigenvalue weighted by Gasteiger charge is -2.03. The van der Waals surface area contributed by atoms with E-state index in [4.69, 9.17) is 4.74 Å². The molecular formula is C19H21N5O3. The number of nitrogens with zero attached hydrogens (tertiary/aromatic N) is 5. The molecule has 0 saturated carbocycles. The maximum atomic E-state index is 12.1. The van der Waals surface area contributed by atoms with E-state index in [-0.39, 0.29) is 12.3 Å². The molecule has 3 aromatic rings. The van der Waals surface area contributed by atoms with E-state index in [2.05, 4.69) is 21.9 Å². The molecule has 0 saturated heterocycles. The zero-order chi connectivity index (χ0) is 19.2. The molecule has 0 radical (unpaired) electrons. The minimum atomic E-state index is -0.531. The lowest BCUT2D eigenvalue weighted by atomic mass is 10.2. The molecule has 0 bridgehead atoms. The van der Waals surface area contributed by atoms with Crippen LogP contribution in [0.5, 0.6) is 0 Å². The van der Waals surface area contributed by atoms with Gasteiger partial charge in [0.1, 0.15) is 12.4 Å². The minimum Gasteiger partial charge on any atom is -0.456 e. The van der Waals surface area contributed by atoms with E-state index >= 15 is 0 Å². The van der Waals surface area contributed by atoms with E-state index in [1.54, 1.807) is 23.9 Å². The van der Waals surface area contributed by atoms with Crippen LogP contribution >= 0.6 is 0 Å². The number of esters is 1. The van der Waals surface area contributed by atoms with Crippen molar-refractivity contribution in [1.29, 1.82) is 0 Å². The van der Waals surface area contributed by atoms with Crippen molar-refractivity contribution in [1.82, 2.24) is 24.5 Å². The summed E-state index contributed by atoms with van der Waals surface area (Å²) in [5.41, 5.74) is 1.76. The van der Waals surface area contributed by atoms with Crippen LogP contribution < -0.4 is 0 Å². The molecule has 1 atom stereocenters. The normalized spacial score (nSPS) is 11.9. The van der Waals surface area contributed by atoms with Gasteiger partial charge in [0.25, 0.3) is 0 Å². The van der Waals surface area contributed by atoms with Crippen molar-refractivity contribution in [3.8, 4) is 0 Å². The molecule has 0 fully saturated rings. The van der Waals surface area contributed by atoms with Gasteiger partial charge in [-0.3, -0.25) is 0 Å². The topological polar surface area (TPSA) is 95.1 Å². The first kappa shape index (κ1) is 18.5. The highest BCUT2D eigenvalue weighted by Crippen LogP contribution is 2.09. The summed E-state index contributed by atoms with van der Waals surface area (Å²) in [6, 6.07) is 9.42. The fraction of sp³-hybridized carbons (Fsp3) is 0.263. The molecule has 0 amide bonds. The molecule has 0 aliphatic rings. The number of benzene rings is 1. The summed E-state index contributed by atoms with van der Waals surface area (Å²) in [5, 5.41) is 17.4. The Balaban J connectivity index is 1.63. The maximum Gasteiger partial charge on any atom is 0.360 e. The van der Waals surface area contributed by atoms with Gasteiger partial charge in [0.2, 0.25) is 0 Å². The van der Waals surface area contributed by atoms with Crippen molar-refractivity contribution < 1.29 is 14.6 Å². The number of ether oxygens (including phenoxy) is 1. The maximum absolute atomic E-state index is 12.1. The van der Waals surface area contributed by atoms with Crippen LogP contribution in [0.25, 0.3) is 6.20 Å². The molecule has 1 aromatic carbocycles. The highest BCUT2D eigenvalue weighted by atomic mass is 16.5. The van der Waals surface area contributed by atoms with Gasteiger partial charge < -0.3 is 14.4 Å². The standard InChI is InChI=1S/C19H21N5O3/c1-3-23-10-16(20-18(23)9-14(2)25)11-24-12-17(21-22-24)19(26)27-13-15-7-5-4-6-8-15/h3-8,10,12,14,25H,1,9,11,13H2,2H3. The third-order valence-corrected chi connectivity index (χ3v) is 3.82. The minimum absolute atomic E-state index is 0.137. The predicted octanol–water partition coefficient (Wildman–Crippen LogP) is 1.90. The fourth-order valence-electron chi connectivity index (χ4n) is 2.57. The number of aromatic nitrogens is 5. The highest BCUT2D eigenvalue weighted by molar-refractivity contribution is 5.86. The van der Waals surface area contributed by atoms with E-state index in [9.17, 15) is 9.90 Å². The number of aliphatic hydroxyl groups is 1. The van der Waals surface area contributed by atoms with E-state index in [1.807, 2.05) is 30.3 Å². The van der Waals surface area contributed by atoms with Crippen LogP contribution in [0, 0.1) is 0 Å². The summed E-state index contributed by atoms with van der Waals surface area (Å²) in [6.07, 6.45) is 4.87. The average molecular weight is 367 g/mol. The van der Waals surface area contributed by atoms with Crippen molar-refractivity contribution in [3.05, 3.63) is 72.1 Å². The number of imidazole rings is 1. The second-order valence-electron chi connectivity index (χ2n) is 6.15. The third kappa shape index (κ3) is 4.89. The first-order valence-electron chi connectivity index (χ1n) is 8.53. The zero-order valence-corrected chi connectivity index (χ0v) is 15.0. The van der Waals surface area contributed by atoms with Gasteiger partial charge in [-0.1, -0.05) is 42.1 Å². The Hall–Kier alpha value is -3.26. The molecule has 8 nitrogen and oxygen atoms in total. The number of rotatable bonds is 8. The Bertz CT molecular complexity index is 915. The van der Waals surface area contributed by atoms with Gasteiger partial charge in [-0.2, -0.15) is 0 Å². The molecule has 2 heterocycles. The SMILES string of the molecule is C=Cn1cc(Cn2cc(C(=O)OCc3ccccc3)nn2)nc1CC(C)O. The van der Waals surface area contributed by atoms with Crippen LogP contribution in [0.15, 0.2) is 49.3 Å². The number of carbonyl (C=O) groups is 1. The van der Waals surface area contributed by atoms with E-state index in [1.165, 1.54) is 10.9 Å². The fourth-order valence-corrected chi connectivity index (χ4v) is 2.57. The van der Waals surface area contributed by atoms with Gasteiger partial charge in [0.15, 0.2) is 5.69 Å². The molecule has 0 spiro atoms. The summed E-state index contributed by atoms with van der Waals surface area (Å²) >= 11 is 0. The van der Waals surface area contributed by atoms with Gasteiger partial charge in [-0.25, -0.2) is 14.5 Å². The van der Waals surface area contributed by atoms with E-state index in [0.717, 1.165) is 11.3 Å². The second kappa shape index (κ2) is 8.41. The number of hydrogen-bond donors (Lipinski definition) is 1. The molecule has 140 valence electrons. The van der Waals surface area contributed by atoms with Crippen molar-refractivity contribution >= 4 is 12.2 Å². The van der Waals surface area contributed by atoms with Gasteiger partial charge in [0, 0.05) is 18.8 Å². The molecule has 1 N–H and O–H groups in total. The molecule has 1 unspecified atom stereocenters. The first-order valence-corrected chi connectivity index (χ1v) is 8.53. The van der Waals surface area contributed by atoms with E-state index < -0.39 is 12.1 Å². The van der Waals surface area contributed by atoms with Gasteiger partial charge in [-0.15, -0.1) is 5.10 Å². The Morgan fingerprint density at radius 2 is 2.11 bits per heavy atom. The summed E-state index contributed by atoms with van der Waals surface area (Å²) in [6.45, 7) is 5.96. The largest absolute Gasteiger partial charge is 0.456 e. The Morgan fingerprint density at radius 1 is 1.33 bits per heavy atom. The molecule has 3 rings (SSSR count). The molecule has 0 aliphatic heterocycles. The molecule has 0 aliphatic carbocycles. The third-order valence-electron chi connectivity index (χ3n) is 3.82. The first-order chi connectivity index (χ1) is 13.0. The Kier molecular flexibility index (Phi) is 5.77. The van der Waals surface area contributed by atoms with Crippen molar-refractivity contribution in [2.24, 2.45) is 0 Å². The average Bonchev–Trinajstić information content (AvgIpc) is 3.27. The summed E-state index contributed by atoms with van der Waals surface area (Å²) in [4.78, 5) is 16.6. The van der Waals surface area contributed by atoms with Crippen molar-refractivity contribution in [3.63, 3.8) is 0 Å². The van der Waals surface area contributed by atoms with Crippen LogP contribution in [0.1, 0.15) is 34.5 Å². The number of hydrogen-bond acceptors (Lipinski definition) is 6. The number of aliphatic hydroxyl groups excluding tert-OH is 1. The molecular weight excluding hydrogens is 346 g/mol. The zero-order valence-electron chi connectivity index (χ0n) is 15.0. The Labute approximate surface area is 156 Å². The van der Waals surface area contributed by atoms with Crippen molar-refractivity contribution in [2.45, 2.75) is 32.6 Å². The summed E-state index contributed by atoms with van der Waals surface area (Å²) in [7, 11) is 0. The van der Waals surface area contributed by atoms with Crippen LogP contribution in [0.3, 0.4) is 0 Å². The molecule has 27 heavy (non-hydrogen) atoms. The Morgan fingerprint density at radius 3 is 2.81 bits per heavy atom. The monoisotopic (exact) mass is 367 g/mol. The predicted molar refractivity (Wildman–Crippen MR) is 98.7 cm³/mol. The summed E-state index contributed by atoms with van der Waals surface area (Å²) < 4.78 is 8.52. The smallest absolute Gasteiger partial charge is 0.360 e. The van der Waals surface area contributed by atoms with Gasteiger partial charge in [-0.05, 0) is 12.5 Å². The summed E-state index contributed by atoms with van der Waals surface area (Å²) in [5.74, 6) is 0.175.